The lowest BCUT2D eigenvalue weighted by Crippen LogP contribution is -2.41. The van der Waals surface area contributed by atoms with Crippen molar-refractivity contribution in [2.75, 3.05) is 5.32 Å². The average Bonchev–Trinajstić information content (AvgIpc) is 2.88. The van der Waals surface area contributed by atoms with Crippen LogP contribution in [-0.2, 0) is 20.3 Å². The molecule has 0 bridgehead atoms. The molecule has 0 spiro atoms. The number of aryl methyl sites for hydroxylation is 1. The highest BCUT2D eigenvalue weighted by atomic mass is 19.4. The molecule has 1 amide bonds. The Morgan fingerprint density at radius 2 is 1.68 bits per heavy atom. The molecule has 0 unspecified atom stereocenters. The monoisotopic (exact) mass is 433 g/mol. The third kappa shape index (κ3) is 4.50. The van der Waals surface area contributed by atoms with Crippen LogP contribution in [0, 0.1) is 6.92 Å². The van der Waals surface area contributed by atoms with Crippen molar-refractivity contribution in [2.45, 2.75) is 65.3 Å². The number of carbonyl (C=O) groups excluding carboxylic acids is 1. The standard InChI is InChI=1S/C23H27BF3NO3/c1-7-19(29)28-18-10-8-9-16(23(25,26)27)20(18)15-12-11-14(2)17(13-15)24-30-21(3,4)22(5,6)31-24/h8-13H,7H2,1-6H3,(H,28,29). The number of amides is 1. The van der Waals surface area contributed by atoms with Gasteiger partial charge in [0.25, 0.3) is 0 Å². The van der Waals surface area contributed by atoms with Crippen molar-refractivity contribution < 1.29 is 27.3 Å². The summed E-state index contributed by atoms with van der Waals surface area (Å²) >= 11 is 0. The van der Waals surface area contributed by atoms with E-state index in [1.807, 2.05) is 34.6 Å². The zero-order chi connectivity index (χ0) is 23.2. The third-order valence-electron chi connectivity index (χ3n) is 6.04. The first kappa shape index (κ1) is 23.4. The molecule has 166 valence electrons. The first-order chi connectivity index (χ1) is 14.3. The quantitative estimate of drug-likeness (QED) is 0.664. The van der Waals surface area contributed by atoms with Crippen molar-refractivity contribution in [2.24, 2.45) is 0 Å². The summed E-state index contributed by atoms with van der Waals surface area (Å²) in [6.07, 6.45) is -4.43. The Kier molecular flexibility index (Phi) is 6.02. The van der Waals surface area contributed by atoms with Crippen LogP contribution < -0.4 is 10.8 Å². The number of hydrogen-bond acceptors (Lipinski definition) is 3. The lowest BCUT2D eigenvalue weighted by atomic mass is 9.74. The van der Waals surface area contributed by atoms with E-state index in [2.05, 4.69) is 5.32 Å². The summed E-state index contributed by atoms with van der Waals surface area (Å²) in [5.74, 6) is -0.362. The Hall–Kier alpha value is -2.32. The molecule has 1 saturated heterocycles. The maximum atomic E-state index is 13.9. The Morgan fingerprint density at radius 3 is 2.23 bits per heavy atom. The van der Waals surface area contributed by atoms with Gasteiger partial charge in [-0.15, -0.1) is 0 Å². The van der Waals surface area contributed by atoms with Crippen molar-refractivity contribution in [3.63, 3.8) is 0 Å². The van der Waals surface area contributed by atoms with Gasteiger partial charge in [0.1, 0.15) is 0 Å². The van der Waals surface area contributed by atoms with E-state index in [1.54, 1.807) is 25.1 Å². The van der Waals surface area contributed by atoms with Gasteiger partial charge >= 0.3 is 13.3 Å². The number of nitrogens with one attached hydrogen (secondary N) is 1. The third-order valence-corrected chi connectivity index (χ3v) is 6.04. The fraction of sp³-hybridized carbons (Fsp3) is 0.435. The molecule has 0 saturated carbocycles. The number of hydrogen-bond donors (Lipinski definition) is 1. The molecule has 0 aliphatic carbocycles. The van der Waals surface area contributed by atoms with Crippen LogP contribution in [0.1, 0.15) is 52.2 Å². The van der Waals surface area contributed by atoms with E-state index in [0.717, 1.165) is 11.6 Å². The molecule has 1 N–H and O–H groups in total. The molecule has 0 aromatic heterocycles. The lowest BCUT2D eigenvalue weighted by molar-refractivity contribution is -0.137. The Labute approximate surface area is 181 Å². The normalized spacial score (nSPS) is 17.6. The number of alkyl halides is 3. The summed E-state index contributed by atoms with van der Waals surface area (Å²) in [6.45, 7) is 11.2. The summed E-state index contributed by atoms with van der Waals surface area (Å²) in [5.41, 5.74) is -0.111. The number of benzene rings is 2. The number of anilines is 1. The van der Waals surface area contributed by atoms with Crippen LogP contribution in [0.25, 0.3) is 11.1 Å². The SMILES string of the molecule is CCC(=O)Nc1cccc(C(F)(F)F)c1-c1ccc(C)c(B2OC(C)(C)C(C)(C)O2)c1. The highest BCUT2D eigenvalue weighted by molar-refractivity contribution is 6.62. The van der Waals surface area contributed by atoms with E-state index in [1.165, 1.54) is 12.1 Å². The topological polar surface area (TPSA) is 47.6 Å². The molecule has 0 radical (unpaired) electrons. The van der Waals surface area contributed by atoms with Gasteiger partial charge in [-0.05, 0) is 57.8 Å². The summed E-state index contributed by atoms with van der Waals surface area (Å²) < 4.78 is 53.8. The minimum absolute atomic E-state index is 0.0745. The van der Waals surface area contributed by atoms with E-state index in [-0.39, 0.29) is 23.6 Å². The van der Waals surface area contributed by atoms with Crippen molar-refractivity contribution in [1.82, 2.24) is 0 Å². The molecule has 4 nitrogen and oxygen atoms in total. The lowest BCUT2D eigenvalue weighted by Gasteiger charge is -2.32. The first-order valence-electron chi connectivity index (χ1n) is 10.2. The molecule has 1 fully saturated rings. The van der Waals surface area contributed by atoms with Crippen molar-refractivity contribution in [3.8, 4) is 11.1 Å². The van der Waals surface area contributed by atoms with Gasteiger partial charge in [-0.2, -0.15) is 13.2 Å². The minimum Gasteiger partial charge on any atom is -0.399 e. The molecule has 2 aromatic rings. The molecular weight excluding hydrogens is 406 g/mol. The maximum Gasteiger partial charge on any atom is 0.495 e. The largest absolute Gasteiger partial charge is 0.495 e. The van der Waals surface area contributed by atoms with Crippen LogP contribution in [0.15, 0.2) is 36.4 Å². The smallest absolute Gasteiger partial charge is 0.399 e. The van der Waals surface area contributed by atoms with E-state index < -0.39 is 30.1 Å². The van der Waals surface area contributed by atoms with Gasteiger partial charge < -0.3 is 14.6 Å². The van der Waals surface area contributed by atoms with Gasteiger partial charge in [-0.3, -0.25) is 4.79 Å². The molecule has 1 aliphatic heterocycles. The van der Waals surface area contributed by atoms with Crippen molar-refractivity contribution in [3.05, 3.63) is 47.5 Å². The van der Waals surface area contributed by atoms with E-state index >= 15 is 0 Å². The van der Waals surface area contributed by atoms with Crippen molar-refractivity contribution >= 4 is 24.2 Å². The average molecular weight is 433 g/mol. The van der Waals surface area contributed by atoms with Gasteiger partial charge in [-0.1, -0.05) is 36.8 Å². The highest BCUT2D eigenvalue weighted by Crippen LogP contribution is 2.42. The summed E-state index contributed by atoms with van der Waals surface area (Å²) in [7, 11) is -0.711. The maximum absolute atomic E-state index is 13.9. The van der Waals surface area contributed by atoms with Gasteiger partial charge in [0, 0.05) is 17.7 Å². The van der Waals surface area contributed by atoms with E-state index in [9.17, 15) is 18.0 Å². The molecule has 31 heavy (non-hydrogen) atoms. The highest BCUT2D eigenvalue weighted by Gasteiger charge is 2.52. The molecule has 2 aromatic carbocycles. The molecular formula is C23H27BF3NO3. The Morgan fingerprint density at radius 1 is 1.06 bits per heavy atom. The fourth-order valence-corrected chi connectivity index (χ4v) is 3.46. The minimum atomic E-state index is -4.59. The van der Waals surface area contributed by atoms with E-state index in [0.29, 0.717) is 11.0 Å². The van der Waals surface area contributed by atoms with Crippen LogP contribution in [0.2, 0.25) is 0 Å². The summed E-state index contributed by atoms with van der Waals surface area (Å²) in [5, 5.41) is 2.60. The predicted molar refractivity (Wildman–Crippen MR) is 116 cm³/mol. The van der Waals surface area contributed by atoms with Crippen LogP contribution in [-0.4, -0.2) is 24.2 Å². The van der Waals surface area contributed by atoms with Crippen LogP contribution >= 0.6 is 0 Å². The van der Waals surface area contributed by atoms with Gasteiger partial charge in [-0.25, -0.2) is 0 Å². The van der Waals surface area contributed by atoms with Gasteiger partial charge in [0.2, 0.25) is 5.91 Å². The molecule has 8 heteroatoms. The number of halogens is 3. The molecule has 3 rings (SSSR count). The fourth-order valence-electron chi connectivity index (χ4n) is 3.46. The zero-order valence-corrected chi connectivity index (χ0v) is 18.6. The first-order valence-corrected chi connectivity index (χ1v) is 10.2. The number of carbonyl (C=O) groups is 1. The second-order valence-corrected chi connectivity index (χ2v) is 8.79. The molecule has 1 heterocycles. The van der Waals surface area contributed by atoms with Crippen LogP contribution in [0.5, 0.6) is 0 Å². The second kappa shape index (κ2) is 7.99. The Bertz CT molecular complexity index is 986. The van der Waals surface area contributed by atoms with Gasteiger partial charge in [0.05, 0.1) is 16.8 Å². The Balaban J connectivity index is 2.16. The second-order valence-electron chi connectivity index (χ2n) is 8.79. The summed E-state index contributed by atoms with van der Waals surface area (Å²) in [4.78, 5) is 12.0. The van der Waals surface area contributed by atoms with Crippen LogP contribution in [0.3, 0.4) is 0 Å². The van der Waals surface area contributed by atoms with Crippen LogP contribution in [0.4, 0.5) is 18.9 Å². The number of rotatable bonds is 4. The van der Waals surface area contributed by atoms with Gasteiger partial charge in [0.15, 0.2) is 0 Å². The summed E-state index contributed by atoms with van der Waals surface area (Å²) in [6, 6.07) is 8.81. The predicted octanol–water partition coefficient (Wildman–Crippen LogP) is 5.33. The molecule has 1 aliphatic rings. The molecule has 0 atom stereocenters. The van der Waals surface area contributed by atoms with E-state index in [4.69, 9.17) is 9.31 Å². The van der Waals surface area contributed by atoms with Crippen molar-refractivity contribution in [1.29, 1.82) is 0 Å². The zero-order valence-electron chi connectivity index (χ0n) is 18.6.